The molecule has 1 fully saturated rings. The van der Waals surface area contributed by atoms with Gasteiger partial charge in [-0.3, -0.25) is 0 Å². The van der Waals surface area contributed by atoms with Gasteiger partial charge in [0.1, 0.15) is 0 Å². The lowest BCUT2D eigenvalue weighted by Gasteiger charge is -2.28. The Morgan fingerprint density at radius 1 is 1.28 bits per heavy atom. The number of aliphatic hydroxyl groups is 1. The molecule has 0 saturated heterocycles. The molecule has 0 heterocycles. The van der Waals surface area contributed by atoms with Crippen molar-refractivity contribution in [2.75, 3.05) is 13.7 Å². The summed E-state index contributed by atoms with van der Waals surface area (Å²) >= 11 is 0. The van der Waals surface area contributed by atoms with Gasteiger partial charge in [-0.15, -0.1) is 0 Å². The maximum atomic E-state index is 11.9. The van der Waals surface area contributed by atoms with Crippen LogP contribution >= 0.6 is 0 Å². The number of aliphatic carboxylic acids is 1. The second kappa shape index (κ2) is 7.20. The van der Waals surface area contributed by atoms with E-state index in [1.54, 1.807) is 11.9 Å². The van der Waals surface area contributed by atoms with Crippen LogP contribution < -0.4 is 5.32 Å². The van der Waals surface area contributed by atoms with E-state index in [9.17, 15) is 9.59 Å². The number of aliphatic hydroxyl groups excluding tert-OH is 1. The number of carboxylic acids is 1. The SMILES string of the molecule is CN(C(=O)N[C@@H](CO)C(=O)O)C1CCCCCC1. The largest absolute Gasteiger partial charge is 0.480 e. The van der Waals surface area contributed by atoms with Crippen molar-refractivity contribution >= 4 is 12.0 Å². The van der Waals surface area contributed by atoms with Crippen molar-refractivity contribution in [3.63, 3.8) is 0 Å². The van der Waals surface area contributed by atoms with Crippen LogP contribution in [0.3, 0.4) is 0 Å². The minimum atomic E-state index is -1.23. The first-order valence-corrected chi connectivity index (χ1v) is 6.43. The molecule has 1 saturated carbocycles. The Balaban J connectivity index is 2.51. The normalized spacial score (nSPS) is 18.8. The lowest BCUT2D eigenvalue weighted by molar-refractivity contribution is -0.140. The zero-order valence-corrected chi connectivity index (χ0v) is 10.8. The summed E-state index contributed by atoms with van der Waals surface area (Å²) in [5.74, 6) is -1.22. The van der Waals surface area contributed by atoms with Gasteiger partial charge < -0.3 is 20.4 Å². The molecule has 2 amide bonds. The predicted molar refractivity (Wildman–Crippen MR) is 66.3 cm³/mol. The smallest absolute Gasteiger partial charge is 0.328 e. The van der Waals surface area contributed by atoms with Crippen molar-refractivity contribution in [1.82, 2.24) is 10.2 Å². The molecule has 6 nitrogen and oxygen atoms in total. The van der Waals surface area contributed by atoms with Crippen LogP contribution in [0.2, 0.25) is 0 Å². The summed E-state index contributed by atoms with van der Waals surface area (Å²) in [5.41, 5.74) is 0. The van der Waals surface area contributed by atoms with Crippen molar-refractivity contribution in [3.05, 3.63) is 0 Å². The molecule has 3 N–H and O–H groups in total. The Morgan fingerprint density at radius 3 is 2.28 bits per heavy atom. The van der Waals surface area contributed by atoms with Gasteiger partial charge in [-0.05, 0) is 12.8 Å². The molecule has 0 aromatic heterocycles. The summed E-state index contributed by atoms with van der Waals surface area (Å²) in [6.07, 6.45) is 6.51. The summed E-state index contributed by atoms with van der Waals surface area (Å²) < 4.78 is 0. The second-order valence-corrected chi connectivity index (χ2v) is 4.78. The quantitative estimate of drug-likeness (QED) is 0.650. The average molecular weight is 258 g/mol. The number of carboxylic acid groups (broad SMARTS) is 1. The molecular weight excluding hydrogens is 236 g/mol. The first-order valence-electron chi connectivity index (χ1n) is 6.43. The fourth-order valence-corrected chi connectivity index (χ4v) is 2.25. The monoisotopic (exact) mass is 258 g/mol. The van der Waals surface area contributed by atoms with Gasteiger partial charge in [0.15, 0.2) is 6.04 Å². The Morgan fingerprint density at radius 2 is 1.83 bits per heavy atom. The molecule has 1 atom stereocenters. The predicted octanol–water partition coefficient (Wildman–Crippen LogP) is 0.796. The number of carbonyl (C=O) groups excluding carboxylic acids is 1. The number of nitrogens with one attached hydrogen (secondary N) is 1. The van der Waals surface area contributed by atoms with Gasteiger partial charge in [0.2, 0.25) is 0 Å². The van der Waals surface area contributed by atoms with Crippen molar-refractivity contribution in [3.8, 4) is 0 Å². The Labute approximate surface area is 107 Å². The highest BCUT2D eigenvalue weighted by molar-refractivity contribution is 5.82. The maximum Gasteiger partial charge on any atom is 0.328 e. The van der Waals surface area contributed by atoms with E-state index in [1.165, 1.54) is 12.8 Å². The summed E-state index contributed by atoms with van der Waals surface area (Å²) in [6, 6.07) is -1.49. The van der Waals surface area contributed by atoms with Crippen LogP contribution in [0, 0.1) is 0 Å². The van der Waals surface area contributed by atoms with Crippen LogP contribution in [0.15, 0.2) is 0 Å². The first-order chi connectivity index (χ1) is 8.56. The molecule has 0 spiro atoms. The number of rotatable bonds is 4. The van der Waals surface area contributed by atoms with Crippen molar-refractivity contribution < 1.29 is 19.8 Å². The summed E-state index contributed by atoms with van der Waals surface area (Å²) in [5, 5.41) is 20.0. The van der Waals surface area contributed by atoms with Crippen LogP contribution in [-0.2, 0) is 4.79 Å². The van der Waals surface area contributed by atoms with E-state index in [-0.39, 0.29) is 6.04 Å². The van der Waals surface area contributed by atoms with Crippen molar-refractivity contribution in [1.29, 1.82) is 0 Å². The van der Waals surface area contributed by atoms with Crippen molar-refractivity contribution in [2.24, 2.45) is 0 Å². The maximum absolute atomic E-state index is 11.9. The topological polar surface area (TPSA) is 89.9 Å². The first kappa shape index (κ1) is 14.8. The van der Waals surface area contributed by atoms with E-state index in [0.717, 1.165) is 25.7 Å². The van der Waals surface area contributed by atoms with Gasteiger partial charge in [0.05, 0.1) is 6.61 Å². The fraction of sp³-hybridized carbons (Fsp3) is 0.833. The van der Waals surface area contributed by atoms with Gasteiger partial charge in [-0.2, -0.15) is 0 Å². The van der Waals surface area contributed by atoms with Crippen LogP contribution in [0.4, 0.5) is 4.79 Å². The minimum Gasteiger partial charge on any atom is -0.480 e. The molecule has 0 radical (unpaired) electrons. The highest BCUT2D eigenvalue weighted by atomic mass is 16.4. The zero-order chi connectivity index (χ0) is 13.5. The Kier molecular flexibility index (Phi) is 5.91. The zero-order valence-electron chi connectivity index (χ0n) is 10.8. The molecule has 0 aromatic rings. The van der Waals surface area contributed by atoms with Gasteiger partial charge in [0, 0.05) is 13.1 Å². The highest BCUT2D eigenvalue weighted by Crippen LogP contribution is 2.20. The third-order valence-corrected chi connectivity index (χ3v) is 3.47. The van der Waals surface area contributed by atoms with Crippen LogP contribution in [0.25, 0.3) is 0 Å². The Hall–Kier alpha value is -1.30. The fourth-order valence-electron chi connectivity index (χ4n) is 2.25. The Bertz CT molecular complexity index is 288. The number of nitrogens with zero attached hydrogens (tertiary/aromatic N) is 1. The summed E-state index contributed by atoms with van der Waals surface area (Å²) in [7, 11) is 1.68. The van der Waals surface area contributed by atoms with Crippen molar-refractivity contribution in [2.45, 2.75) is 50.6 Å². The molecule has 1 aliphatic rings. The molecule has 0 unspecified atom stereocenters. The number of hydrogen-bond donors (Lipinski definition) is 3. The molecule has 0 aromatic carbocycles. The lowest BCUT2D eigenvalue weighted by atomic mass is 10.1. The number of urea groups is 1. The molecular formula is C12H22N2O4. The highest BCUT2D eigenvalue weighted by Gasteiger charge is 2.25. The number of hydrogen-bond acceptors (Lipinski definition) is 3. The van der Waals surface area contributed by atoms with E-state index in [1.807, 2.05) is 0 Å². The van der Waals surface area contributed by atoms with Crippen LogP contribution in [0.5, 0.6) is 0 Å². The molecule has 0 bridgehead atoms. The molecule has 104 valence electrons. The minimum absolute atomic E-state index is 0.167. The van der Waals surface area contributed by atoms with E-state index in [2.05, 4.69) is 5.32 Å². The number of amides is 2. The van der Waals surface area contributed by atoms with E-state index >= 15 is 0 Å². The lowest BCUT2D eigenvalue weighted by Crippen LogP contribution is -2.51. The number of carbonyl (C=O) groups is 2. The van der Waals surface area contributed by atoms with Gasteiger partial charge in [-0.25, -0.2) is 9.59 Å². The molecule has 18 heavy (non-hydrogen) atoms. The third kappa shape index (κ3) is 4.18. The van der Waals surface area contributed by atoms with E-state index in [4.69, 9.17) is 10.2 Å². The average Bonchev–Trinajstić information content (AvgIpc) is 2.62. The molecule has 1 aliphatic carbocycles. The van der Waals surface area contributed by atoms with E-state index < -0.39 is 24.6 Å². The van der Waals surface area contributed by atoms with Gasteiger partial charge >= 0.3 is 12.0 Å². The van der Waals surface area contributed by atoms with Crippen LogP contribution in [0.1, 0.15) is 38.5 Å². The summed E-state index contributed by atoms with van der Waals surface area (Å²) in [6.45, 7) is -0.598. The second-order valence-electron chi connectivity index (χ2n) is 4.78. The van der Waals surface area contributed by atoms with Gasteiger partial charge in [-0.1, -0.05) is 25.7 Å². The van der Waals surface area contributed by atoms with Crippen LogP contribution in [-0.4, -0.2) is 52.9 Å². The van der Waals surface area contributed by atoms with E-state index in [0.29, 0.717) is 0 Å². The third-order valence-electron chi connectivity index (χ3n) is 3.47. The molecule has 6 heteroatoms. The molecule has 0 aliphatic heterocycles. The molecule has 1 rings (SSSR count). The van der Waals surface area contributed by atoms with Gasteiger partial charge in [0.25, 0.3) is 0 Å². The summed E-state index contributed by atoms with van der Waals surface area (Å²) in [4.78, 5) is 24.2. The standard InChI is InChI=1S/C12H22N2O4/c1-14(9-6-4-2-3-5-7-9)12(18)13-10(8-15)11(16)17/h9-10,15H,2-8H2,1H3,(H,13,18)(H,16,17)/t10-/m0/s1.